The molecule has 4 rings (SSSR count). The monoisotopic (exact) mass is 544 g/mol. The number of hydrogen-bond donors (Lipinski definition) is 0. The van der Waals surface area contributed by atoms with E-state index in [0.717, 1.165) is 12.7 Å². The number of benzene rings is 2. The van der Waals surface area contributed by atoms with Crippen LogP contribution in [-0.4, -0.2) is 16.9 Å². The normalized spacial score (nSPS) is 17.9. The summed E-state index contributed by atoms with van der Waals surface area (Å²) in [6.07, 6.45) is 0. The molecule has 0 bridgehead atoms. The van der Waals surface area contributed by atoms with E-state index in [1.165, 1.54) is 0 Å². The Bertz CT molecular complexity index is 686. The van der Waals surface area contributed by atoms with Crippen LogP contribution in [0.25, 0.3) is 0 Å². The van der Waals surface area contributed by atoms with Gasteiger partial charge in [0.15, 0.2) is 0 Å². The van der Waals surface area contributed by atoms with Crippen LogP contribution in [0.2, 0.25) is 0 Å². The zero-order valence-electron chi connectivity index (χ0n) is 11.4. The van der Waals surface area contributed by atoms with E-state index >= 15 is 0 Å². The maximum atomic E-state index is 11.1. The van der Waals surface area contributed by atoms with Crippen LogP contribution in [-0.2, 0) is 6.13 Å². The van der Waals surface area contributed by atoms with Crippen molar-refractivity contribution in [2.24, 2.45) is 0 Å². The Morgan fingerprint density at radius 1 is 0.818 bits per heavy atom. The molecule has 2 aliphatic rings. The second-order valence-electron chi connectivity index (χ2n) is 4.32. The van der Waals surface area contributed by atoms with Crippen molar-refractivity contribution in [2.45, 2.75) is 0 Å². The Labute approximate surface area is 146 Å². The van der Waals surface area contributed by atoms with Gasteiger partial charge in [0.25, 0.3) is 0 Å². The van der Waals surface area contributed by atoms with E-state index in [1.54, 1.807) is 6.07 Å². The summed E-state index contributed by atoms with van der Waals surface area (Å²) in [7, 11) is 5.85. The molecule has 22 heavy (non-hydrogen) atoms. The standard InChI is InChI=1S/C8H7IO2.C7H4ClIO2/c1-9-7-5-3-2-4-6(7)8(10)11-9;8-9-6-4-2-1-3-5(6)7(10)11-9/h2-5H,1H3;1-4H. The third kappa shape index (κ3) is 3.09. The van der Waals surface area contributed by atoms with Crippen LogP contribution in [0.1, 0.15) is 20.7 Å². The van der Waals surface area contributed by atoms with E-state index < -0.39 is 39.3 Å². The number of carbonyl (C=O) groups excluding carboxylic acids is 2. The molecule has 4 nitrogen and oxygen atoms in total. The van der Waals surface area contributed by atoms with E-state index in [0.29, 0.717) is 5.56 Å². The van der Waals surface area contributed by atoms with E-state index in [9.17, 15) is 9.59 Å². The first kappa shape index (κ1) is 16.0. The molecule has 116 valence electrons. The Balaban J connectivity index is 0.000000131. The van der Waals surface area contributed by atoms with Crippen molar-refractivity contribution >= 4 is 60.2 Å². The van der Waals surface area contributed by atoms with Crippen LogP contribution in [0.15, 0.2) is 48.5 Å². The van der Waals surface area contributed by atoms with Crippen LogP contribution >= 0.6 is 48.2 Å². The first-order valence-corrected chi connectivity index (χ1v) is 15.0. The first-order valence-electron chi connectivity index (χ1n) is 6.18. The second kappa shape index (κ2) is 6.71. The molecule has 0 aliphatic carbocycles. The number of rotatable bonds is 0. The van der Waals surface area contributed by atoms with Crippen molar-refractivity contribution in [2.75, 3.05) is 4.93 Å². The SMILES string of the molecule is CI1OC(=O)c2ccccc21.O=C1OI(Cl)c2ccccc21. The fraction of sp³-hybridized carbons (Fsp3) is 0.0667. The molecule has 2 aromatic carbocycles. The molecule has 0 spiro atoms. The molecule has 2 heterocycles. The molecule has 0 atom stereocenters. The molecular formula is C15H11ClI2O4. The van der Waals surface area contributed by atoms with Crippen LogP contribution < -0.4 is 0 Å². The number of hydrogen-bond acceptors (Lipinski definition) is 4. The van der Waals surface area contributed by atoms with Crippen LogP contribution in [0.5, 0.6) is 0 Å². The summed E-state index contributed by atoms with van der Waals surface area (Å²) in [5.41, 5.74) is 1.42. The van der Waals surface area contributed by atoms with Crippen molar-refractivity contribution < 1.29 is 15.7 Å². The minimum absolute atomic E-state index is 0.131. The average molecular weight is 545 g/mol. The zero-order chi connectivity index (χ0) is 15.7. The van der Waals surface area contributed by atoms with Crippen molar-refractivity contribution in [3.05, 3.63) is 66.8 Å². The summed E-state index contributed by atoms with van der Waals surface area (Å²) >= 11 is -3.57. The molecule has 0 unspecified atom stereocenters. The van der Waals surface area contributed by atoms with E-state index in [4.69, 9.17) is 15.0 Å². The Kier molecular flexibility index (Phi) is 4.88. The molecule has 0 saturated heterocycles. The number of carbonyl (C=O) groups is 2. The van der Waals surface area contributed by atoms with Gasteiger partial charge in [-0.05, 0) is 0 Å². The van der Waals surface area contributed by atoms with Gasteiger partial charge in [-0.1, -0.05) is 0 Å². The molecule has 0 fully saturated rings. The van der Waals surface area contributed by atoms with Crippen molar-refractivity contribution in [1.29, 1.82) is 0 Å². The minimum atomic E-state index is -2.05. The predicted octanol–water partition coefficient (Wildman–Crippen LogP) is 4.68. The first-order chi connectivity index (χ1) is 10.6. The van der Waals surface area contributed by atoms with Gasteiger partial charge >= 0.3 is 148 Å². The van der Waals surface area contributed by atoms with Gasteiger partial charge in [-0.3, -0.25) is 0 Å². The van der Waals surface area contributed by atoms with Crippen LogP contribution in [0.4, 0.5) is 0 Å². The fourth-order valence-corrected chi connectivity index (χ4v) is 8.32. The van der Waals surface area contributed by atoms with Gasteiger partial charge < -0.3 is 0 Å². The third-order valence-electron chi connectivity index (χ3n) is 2.96. The van der Waals surface area contributed by atoms with Gasteiger partial charge in [0, 0.05) is 0 Å². The van der Waals surface area contributed by atoms with Gasteiger partial charge in [0.1, 0.15) is 0 Å². The third-order valence-corrected chi connectivity index (χ3v) is 10.7. The number of fused-ring (bicyclic) bond motifs is 2. The summed E-state index contributed by atoms with van der Waals surface area (Å²) in [6, 6.07) is 14.9. The van der Waals surface area contributed by atoms with Gasteiger partial charge in [0.2, 0.25) is 0 Å². The van der Waals surface area contributed by atoms with Crippen molar-refractivity contribution in [1.82, 2.24) is 0 Å². The topological polar surface area (TPSA) is 52.6 Å². The molecule has 7 heteroatoms. The number of halogens is 3. The van der Waals surface area contributed by atoms with Crippen molar-refractivity contribution in [3.8, 4) is 0 Å². The molecule has 0 amide bonds. The Hall–Kier alpha value is -0.870. The summed E-state index contributed by atoms with van der Waals surface area (Å²) < 4.78 is 12.1. The Morgan fingerprint density at radius 2 is 1.32 bits per heavy atom. The van der Waals surface area contributed by atoms with Gasteiger partial charge in [0.05, 0.1) is 0 Å². The number of alkyl halides is 1. The molecule has 0 N–H and O–H groups in total. The van der Waals surface area contributed by atoms with E-state index in [1.807, 2.05) is 47.4 Å². The van der Waals surface area contributed by atoms with Crippen LogP contribution in [0, 0.1) is 7.14 Å². The summed E-state index contributed by atoms with van der Waals surface area (Å²) in [6.45, 7) is 0. The maximum absolute atomic E-state index is 11.1. The van der Waals surface area contributed by atoms with Gasteiger partial charge in [-0.25, -0.2) is 0 Å². The fourth-order valence-electron chi connectivity index (χ4n) is 1.95. The molecular weight excluding hydrogens is 533 g/mol. The zero-order valence-corrected chi connectivity index (χ0v) is 16.5. The second-order valence-corrected chi connectivity index (χ2v) is 12.8. The molecule has 0 aromatic heterocycles. The molecule has 0 radical (unpaired) electrons. The summed E-state index contributed by atoms with van der Waals surface area (Å²) in [5.74, 6) is -0.394. The molecule has 2 aromatic rings. The Morgan fingerprint density at radius 3 is 1.91 bits per heavy atom. The van der Waals surface area contributed by atoms with E-state index in [2.05, 4.69) is 0 Å². The summed E-state index contributed by atoms with van der Waals surface area (Å²) in [5, 5.41) is 0. The van der Waals surface area contributed by atoms with Crippen molar-refractivity contribution in [3.63, 3.8) is 0 Å². The summed E-state index contributed by atoms with van der Waals surface area (Å²) in [4.78, 5) is 24.1. The predicted molar refractivity (Wildman–Crippen MR) is 101 cm³/mol. The van der Waals surface area contributed by atoms with Gasteiger partial charge in [-0.2, -0.15) is 0 Å². The van der Waals surface area contributed by atoms with E-state index in [-0.39, 0.29) is 11.9 Å². The quantitative estimate of drug-likeness (QED) is 0.357. The molecule has 2 aliphatic heterocycles. The molecule has 0 saturated carbocycles. The van der Waals surface area contributed by atoms with Crippen LogP contribution in [0.3, 0.4) is 0 Å². The van der Waals surface area contributed by atoms with Gasteiger partial charge in [-0.15, -0.1) is 0 Å². The average Bonchev–Trinajstić information content (AvgIpc) is 2.99.